The molecule has 2 rings (SSSR count). The Morgan fingerprint density at radius 3 is 2.60 bits per heavy atom. The predicted molar refractivity (Wildman–Crippen MR) is 69.6 cm³/mol. The number of halogens is 1. The molecule has 1 aromatic heterocycles. The maximum Gasteiger partial charge on any atom is 0.0345 e. The molecule has 0 fully saturated rings. The number of rotatable bonds is 2. The van der Waals surface area contributed by atoms with Gasteiger partial charge in [0.1, 0.15) is 0 Å². The molecule has 0 atom stereocenters. The molecule has 1 heterocycles. The lowest BCUT2D eigenvalue weighted by atomic mass is 10.1. The molecule has 3 heteroatoms. The summed E-state index contributed by atoms with van der Waals surface area (Å²) in [6, 6.07) is 12.7. The van der Waals surface area contributed by atoms with Gasteiger partial charge in [-0.05, 0) is 36.2 Å². The number of hydrogen-bond acceptors (Lipinski definition) is 2. The molecule has 2 N–H and O–H groups in total. The van der Waals surface area contributed by atoms with E-state index in [-0.39, 0.29) is 12.4 Å². The first-order chi connectivity index (χ1) is 6.79. The van der Waals surface area contributed by atoms with Crippen molar-refractivity contribution in [1.82, 2.24) is 0 Å². The Kier molecular flexibility index (Phi) is 4.33. The van der Waals surface area contributed by atoms with Crippen molar-refractivity contribution in [2.45, 2.75) is 13.5 Å². The molecule has 80 valence electrons. The zero-order valence-corrected chi connectivity index (χ0v) is 10.2. The minimum atomic E-state index is 0. The highest BCUT2D eigenvalue weighted by Gasteiger charge is 2.00. The van der Waals surface area contributed by atoms with Crippen LogP contribution in [0.5, 0.6) is 0 Å². The quantitative estimate of drug-likeness (QED) is 0.852. The molecule has 0 unspecified atom stereocenters. The average molecular weight is 240 g/mol. The van der Waals surface area contributed by atoms with Gasteiger partial charge < -0.3 is 5.73 Å². The fourth-order valence-electron chi connectivity index (χ4n) is 1.44. The van der Waals surface area contributed by atoms with Gasteiger partial charge in [-0.3, -0.25) is 0 Å². The maximum absolute atomic E-state index is 5.61. The average Bonchev–Trinajstić information content (AvgIpc) is 2.65. The van der Waals surface area contributed by atoms with Crippen LogP contribution in [0.3, 0.4) is 0 Å². The van der Waals surface area contributed by atoms with Crippen molar-refractivity contribution in [1.29, 1.82) is 0 Å². The molecule has 0 amide bonds. The Balaban J connectivity index is 0.00000112. The maximum atomic E-state index is 5.61. The fraction of sp³-hybridized carbons (Fsp3) is 0.167. The second-order valence-electron chi connectivity index (χ2n) is 3.31. The molecule has 1 nitrogen and oxygen atoms in total. The summed E-state index contributed by atoms with van der Waals surface area (Å²) in [7, 11) is 0. The normalized spacial score (nSPS) is 9.73. The van der Waals surface area contributed by atoms with Crippen LogP contribution in [0.2, 0.25) is 0 Å². The van der Waals surface area contributed by atoms with Crippen LogP contribution in [-0.2, 0) is 6.54 Å². The number of hydrogen-bond donors (Lipinski definition) is 1. The van der Waals surface area contributed by atoms with E-state index in [0.717, 1.165) is 0 Å². The number of aryl methyl sites for hydroxylation is 1. The molecule has 0 saturated heterocycles. The van der Waals surface area contributed by atoms with E-state index in [1.54, 1.807) is 0 Å². The summed E-state index contributed by atoms with van der Waals surface area (Å²) in [6.45, 7) is 2.74. The Morgan fingerprint density at radius 1 is 1.20 bits per heavy atom. The topological polar surface area (TPSA) is 26.0 Å². The lowest BCUT2D eigenvalue weighted by molar-refractivity contribution is 1.07. The Morgan fingerprint density at radius 2 is 2.00 bits per heavy atom. The highest BCUT2D eigenvalue weighted by molar-refractivity contribution is 7.15. The molecule has 0 saturated carbocycles. The van der Waals surface area contributed by atoms with Crippen LogP contribution < -0.4 is 5.73 Å². The molecule has 15 heavy (non-hydrogen) atoms. The smallest absolute Gasteiger partial charge is 0.0345 e. The monoisotopic (exact) mass is 239 g/mol. The minimum Gasteiger partial charge on any atom is -0.326 e. The van der Waals surface area contributed by atoms with Crippen molar-refractivity contribution in [3.8, 4) is 10.4 Å². The van der Waals surface area contributed by atoms with Crippen LogP contribution >= 0.6 is 23.7 Å². The van der Waals surface area contributed by atoms with Crippen LogP contribution in [0.4, 0.5) is 0 Å². The molecule has 0 spiro atoms. The van der Waals surface area contributed by atoms with Gasteiger partial charge in [0.05, 0.1) is 0 Å². The first-order valence-corrected chi connectivity index (χ1v) is 5.47. The van der Waals surface area contributed by atoms with Gasteiger partial charge in [0.2, 0.25) is 0 Å². The Labute approximate surface area is 100 Å². The van der Waals surface area contributed by atoms with Gasteiger partial charge in [0.15, 0.2) is 0 Å². The van der Waals surface area contributed by atoms with E-state index >= 15 is 0 Å². The second kappa shape index (κ2) is 5.31. The zero-order valence-electron chi connectivity index (χ0n) is 8.57. The van der Waals surface area contributed by atoms with Crippen LogP contribution in [0.15, 0.2) is 36.4 Å². The van der Waals surface area contributed by atoms with E-state index in [9.17, 15) is 0 Å². The summed E-state index contributed by atoms with van der Waals surface area (Å²) in [5.41, 5.74) is 8.06. The molecule has 0 aliphatic heterocycles. The molecule has 1 aromatic carbocycles. The van der Waals surface area contributed by atoms with Crippen LogP contribution in [-0.4, -0.2) is 0 Å². The van der Waals surface area contributed by atoms with Gasteiger partial charge in [-0.15, -0.1) is 23.7 Å². The van der Waals surface area contributed by atoms with Crippen molar-refractivity contribution in [3.63, 3.8) is 0 Å². The molecular formula is C12H14ClNS. The molecule has 0 radical (unpaired) electrons. The van der Waals surface area contributed by atoms with Crippen LogP contribution in [0.25, 0.3) is 10.4 Å². The molecule has 2 aromatic rings. The highest BCUT2D eigenvalue weighted by Crippen LogP contribution is 2.27. The summed E-state index contributed by atoms with van der Waals surface area (Å²) in [6.07, 6.45) is 0. The van der Waals surface area contributed by atoms with Gasteiger partial charge >= 0.3 is 0 Å². The lowest BCUT2D eigenvalue weighted by Crippen LogP contribution is -1.95. The van der Waals surface area contributed by atoms with Crippen molar-refractivity contribution >= 4 is 23.7 Å². The fourth-order valence-corrected chi connectivity index (χ4v) is 2.31. The second-order valence-corrected chi connectivity index (χ2v) is 4.60. The first-order valence-electron chi connectivity index (χ1n) is 4.65. The van der Waals surface area contributed by atoms with Gasteiger partial charge in [-0.1, -0.05) is 18.2 Å². The van der Waals surface area contributed by atoms with Crippen molar-refractivity contribution < 1.29 is 0 Å². The third-order valence-electron chi connectivity index (χ3n) is 2.19. The van der Waals surface area contributed by atoms with Crippen molar-refractivity contribution in [2.24, 2.45) is 5.73 Å². The molecule has 0 aliphatic rings. The summed E-state index contributed by atoms with van der Waals surface area (Å²) in [5, 5.41) is 0. The van der Waals surface area contributed by atoms with Crippen molar-refractivity contribution in [3.05, 3.63) is 46.8 Å². The van der Waals surface area contributed by atoms with Gasteiger partial charge in [-0.25, -0.2) is 0 Å². The van der Waals surface area contributed by atoms with E-state index in [1.807, 2.05) is 11.3 Å². The van der Waals surface area contributed by atoms with E-state index in [1.165, 1.54) is 20.9 Å². The summed E-state index contributed by atoms with van der Waals surface area (Å²) in [5.74, 6) is 0. The van der Waals surface area contributed by atoms with E-state index < -0.39 is 0 Å². The Bertz CT molecular complexity index is 437. The van der Waals surface area contributed by atoms with Crippen molar-refractivity contribution in [2.75, 3.05) is 0 Å². The third kappa shape index (κ3) is 2.81. The van der Waals surface area contributed by atoms with Gasteiger partial charge in [0.25, 0.3) is 0 Å². The standard InChI is InChI=1S/C12H13NS.ClH/c1-9-5-6-12(14-9)11-4-2-3-10(7-11)8-13;/h2-7H,8,13H2,1H3;1H. The van der Waals surface area contributed by atoms with Gasteiger partial charge in [-0.2, -0.15) is 0 Å². The number of benzene rings is 1. The van der Waals surface area contributed by atoms with Gasteiger partial charge in [0, 0.05) is 16.3 Å². The largest absolute Gasteiger partial charge is 0.326 e. The lowest BCUT2D eigenvalue weighted by Gasteiger charge is -2.00. The molecule has 0 aliphatic carbocycles. The summed E-state index contributed by atoms with van der Waals surface area (Å²) < 4.78 is 0. The number of nitrogens with two attached hydrogens (primary N) is 1. The SMILES string of the molecule is Cc1ccc(-c2cccc(CN)c2)s1.Cl. The molecular weight excluding hydrogens is 226 g/mol. The minimum absolute atomic E-state index is 0. The Hall–Kier alpha value is -0.830. The van der Waals surface area contributed by atoms with Crippen LogP contribution in [0.1, 0.15) is 10.4 Å². The molecule has 0 bridgehead atoms. The predicted octanol–water partition coefficient (Wildman–Crippen LogP) is 3.60. The first kappa shape index (κ1) is 12.2. The van der Waals surface area contributed by atoms with E-state index in [0.29, 0.717) is 6.54 Å². The van der Waals surface area contributed by atoms with E-state index in [4.69, 9.17) is 5.73 Å². The third-order valence-corrected chi connectivity index (χ3v) is 3.24. The summed E-state index contributed by atoms with van der Waals surface area (Å²) >= 11 is 1.82. The van der Waals surface area contributed by atoms with Crippen LogP contribution in [0, 0.1) is 6.92 Å². The summed E-state index contributed by atoms with van der Waals surface area (Å²) in [4.78, 5) is 2.66. The highest BCUT2D eigenvalue weighted by atomic mass is 35.5. The zero-order chi connectivity index (χ0) is 9.97. The van der Waals surface area contributed by atoms with E-state index in [2.05, 4.69) is 43.3 Å². The number of thiophene rings is 1.